The summed E-state index contributed by atoms with van der Waals surface area (Å²) >= 11 is 5.89. The average molecular weight is 419 g/mol. The Kier molecular flexibility index (Phi) is 6.15. The maximum absolute atomic E-state index is 12.3. The Labute approximate surface area is 178 Å². The van der Waals surface area contributed by atoms with Crippen molar-refractivity contribution in [2.45, 2.75) is 19.4 Å². The number of rotatable bonds is 7. The Morgan fingerprint density at radius 1 is 0.967 bits per heavy atom. The van der Waals surface area contributed by atoms with E-state index in [1.165, 1.54) is 0 Å². The smallest absolute Gasteiger partial charge is 0.247 e. The van der Waals surface area contributed by atoms with Gasteiger partial charge < -0.3 is 9.73 Å². The van der Waals surface area contributed by atoms with Crippen molar-refractivity contribution in [1.82, 2.24) is 20.5 Å². The lowest BCUT2D eigenvalue weighted by Crippen LogP contribution is -2.23. The molecule has 0 aliphatic heterocycles. The summed E-state index contributed by atoms with van der Waals surface area (Å²) in [5, 5.41) is 11.7. The molecule has 6 nitrogen and oxygen atoms in total. The SMILES string of the molecule is O=C(CCc1nnc(-c2ccc(Cl)cc2)o1)NCc1ccccc1-c1cccnc1. The van der Waals surface area contributed by atoms with Crippen LogP contribution in [0.2, 0.25) is 5.02 Å². The van der Waals surface area contributed by atoms with E-state index in [0.717, 1.165) is 22.3 Å². The highest BCUT2D eigenvalue weighted by atomic mass is 35.5. The minimum atomic E-state index is -0.0813. The zero-order chi connectivity index (χ0) is 20.8. The quantitative estimate of drug-likeness (QED) is 0.470. The summed E-state index contributed by atoms with van der Waals surface area (Å²) in [6.07, 6.45) is 4.19. The number of pyridine rings is 1. The van der Waals surface area contributed by atoms with E-state index in [1.54, 1.807) is 18.3 Å². The molecule has 2 aromatic heterocycles. The van der Waals surface area contributed by atoms with Gasteiger partial charge in [-0.15, -0.1) is 10.2 Å². The van der Waals surface area contributed by atoms with E-state index in [2.05, 4.69) is 20.5 Å². The molecule has 0 spiro atoms. The second-order valence-corrected chi connectivity index (χ2v) is 7.12. The summed E-state index contributed by atoms with van der Waals surface area (Å²) in [5.41, 5.74) is 3.88. The van der Waals surface area contributed by atoms with E-state index in [1.807, 2.05) is 54.7 Å². The molecule has 0 bridgehead atoms. The Morgan fingerprint density at radius 2 is 1.80 bits per heavy atom. The molecule has 0 radical (unpaired) electrons. The van der Waals surface area contributed by atoms with Gasteiger partial charge in [0, 0.05) is 47.9 Å². The molecule has 0 saturated heterocycles. The maximum atomic E-state index is 12.3. The zero-order valence-corrected chi connectivity index (χ0v) is 16.8. The number of carbonyl (C=O) groups is 1. The van der Waals surface area contributed by atoms with Gasteiger partial charge in [0.15, 0.2) is 0 Å². The molecule has 0 atom stereocenters. The molecule has 4 aromatic rings. The molecule has 0 unspecified atom stereocenters. The van der Waals surface area contributed by atoms with Crippen molar-refractivity contribution in [3.63, 3.8) is 0 Å². The summed E-state index contributed by atoms with van der Waals surface area (Å²) < 4.78 is 5.65. The molecule has 2 heterocycles. The first-order chi connectivity index (χ1) is 14.7. The van der Waals surface area contributed by atoms with Gasteiger partial charge in [-0.1, -0.05) is 41.9 Å². The third-order valence-corrected chi connectivity index (χ3v) is 4.84. The molecule has 0 aliphatic rings. The lowest BCUT2D eigenvalue weighted by molar-refractivity contribution is -0.121. The molecule has 30 heavy (non-hydrogen) atoms. The maximum Gasteiger partial charge on any atom is 0.247 e. The van der Waals surface area contributed by atoms with Crippen LogP contribution in [0.5, 0.6) is 0 Å². The lowest BCUT2D eigenvalue weighted by atomic mass is 10.0. The van der Waals surface area contributed by atoms with E-state index in [9.17, 15) is 4.79 Å². The molecule has 1 N–H and O–H groups in total. The molecule has 7 heteroatoms. The van der Waals surface area contributed by atoms with Crippen LogP contribution in [0.1, 0.15) is 17.9 Å². The van der Waals surface area contributed by atoms with Gasteiger partial charge in [0.05, 0.1) is 0 Å². The molecule has 4 rings (SSSR count). The molecular weight excluding hydrogens is 400 g/mol. The van der Waals surface area contributed by atoms with Crippen LogP contribution in [0.4, 0.5) is 0 Å². The lowest BCUT2D eigenvalue weighted by Gasteiger charge is -2.10. The first-order valence-corrected chi connectivity index (χ1v) is 9.90. The summed E-state index contributed by atoms with van der Waals surface area (Å²) in [6.45, 7) is 0.434. The number of amides is 1. The summed E-state index contributed by atoms with van der Waals surface area (Å²) in [7, 11) is 0. The van der Waals surface area contributed by atoms with Crippen LogP contribution < -0.4 is 5.32 Å². The highest BCUT2D eigenvalue weighted by Crippen LogP contribution is 2.23. The Hall–Kier alpha value is -3.51. The topological polar surface area (TPSA) is 80.9 Å². The molecule has 2 aromatic carbocycles. The third-order valence-electron chi connectivity index (χ3n) is 4.59. The van der Waals surface area contributed by atoms with E-state index in [-0.39, 0.29) is 12.3 Å². The summed E-state index contributed by atoms with van der Waals surface area (Å²) in [4.78, 5) is 16.5. The van der Waals surface area contributed by atoms with Crippen molar-refractivity contribution in [1.29, 1.82) is 0 Å². The van der Waals surface area contributed by atoms with Gasteiger partial charge in [-0.25, -0.2) is 0 Å². The largest absolute Gasteiger partial charge is 0.421 e. The molecule has 0 saturated carbocycles. The van der Waals surface area contributed by atoms with Gasteiger partial charge in [0.2, 0.25) is 17.7 Å². The van der Waals surface area contributed by atoms with Crippen LogP contribution in [0.3, 0.4) is 0 Å². The first kappa shape index (κ1) is 19.8. The highest BCUT2D eigenvalue weighted by Gasteiger charge is 2.11. The van der Waals surface area contributed by atoms with Crippen LogP contribution in [0.25, 0.3) is 22.6 Å². The predicted octanol–water partition coefficient (Wildman–Crippen LogP) is 4.70. The number of hydrogen-bond donors (Lipinski definition) is 1. The van der Waals surface area contributed by atoms with Crippen molar-refractivity contribution >= 4 is 17.5 Å². The van der Waals surface area contributed by atoms with Gasteiger partial charge >= 0.3 is 0 Å². The van der Waals surface area contributed by atoms with Gasteiger partial charge in [0.1, 0.15) is 0 Å². The fourth-order valence-electron chi connectivity index (χ4n) is 3.04. The average Bonchev–Trinajstić information content (AvgIpc) is 3.27. The van der Waals surface area contributed by atoms with Crippen LogP contribution >= 0.6 is 11.6 Å². The Balaban J connectivity index is 1.33. The minimum Gasteiger partial charge on any atom is -0.421 e. The third kappa shape index (κ3) is 4.90. The van der Waals surface area contributed by atoms with Gasteiger partial charge in [-0.05, 0) is 41.5 Å². The number of hydrogen-bond acceptors (Lipinski definition) is 5. The number of benzene rings is 2. The van der Waals surface area contributed by atoms with Gasteiger partial charge in [-0.2, -0.15) is 0 Å². The summed E-state index contributed by atoms with van der Waals surface area (Å²) in [5.74, 6) is 0.751. The predicted molar refractivity (Wildman–Crippen MR) is 115 cm³/mol. The van der Waals surface area contributed by atoms with Crippen LogP contribution in [0.15, 0.2) is 77.5 Å². The van der Waals surface area contributed by atoms with Crippen molar-refractivity contribution in [2.75, 3.05) is 0 Å². The number of aromatic nitrogens is 3. The van der Waals surface area contributed by atoms with Crippen molar-refractivity contribution < 1.29 is 9.21 Å². The number of nitrogens with one attached hydrogen (secondary N) is 1. The fraction of sp³-hybridized carbons (Fsp3) is 0.130. The first-order valence-electron chi connectivity index (χ1n) is 9.52. The van der Waals surface area contributed by atoms with E-state index >= 15 is 0 Å². The van der Waals surface area contributed by atoms with Crippen LogP contribution in [-0.2, 0) is 17.8 Å². The van der Waals surface area contributed by atoms with E-state index in [0.29, 0.717) is 29.8 Å². The summed E-state index contributed by atoms with van der Waals surface area (Å²) in [6, 6.07) is 19.0. The van der Waals surface area contributed by atoms with Crippen molar-refractivity contribution in [3.8, 4) is 22.6 Å². The molecular formula is C23H19ClN4O2. The fourth-order valence-corrected chi connectivity index (χ4v) is 3.17. The van der Waals surface area contributed by atoms with Crippen LogP contribution in [-0.4, -0.2) is 21.1 Å². The standard InChI is InChI=1S/C23H19ClN4O2/c24-19-9-7-16(8-10-19)23-28-27-22(30-23)12-11-21(29)26-15-18-4-1-2-6-20(18)17-5-3-13-25-14-17/h1-10,13-14H,11-12,15H2,(H,26,29). The molecule has 1 amide bonds. The Morgan fingerprint density at radius 3 is 2.60 bits per heavy atom. The number of carbonyl (C=O) groups excluding carboxylic acids is 1. The van der Waals surface area contributed by atoms with Crippen LogP contribution in [0, 0.1) is 0 Å². The minimum absolute atomic E-state index is 0.0813. The van der Waals surface area contributed by atoms with Gasteiger partial charge in [0.25, 0.3) is 0 Å². The van der Waals surface area contributed by atoms with Crippen molar-refractivity contribution in [2.24, 2.45) is 0 Å². The Bertz CT molecular complexity index is 1130. The number of aryl methyl sites for hydroxylation is 1. The van der Waals surface area contributed by atoms with E-state index < -0.39 is 0 Å². The number of halogens is 1. The van der Waals surface area contributed by atoms with E-state index in [4.69, 9.17) is 16.0 Å². The second kappa shape index (κ2) is 9.33. The van der Waals surface area contributed by atoms with Crippen molar-refractivity contribution in [3.05, 3.63) is 89.5 Å². The highest BCUT2D eigenvalue weighted by molar-refractivity contribution is 6.30. The second-order valence-electron chi connectivity index (χ2n) is 6.68. The zero-order valence-electron chi connectivity index (χ0n) is 16.1. The number of nitrogens with zero attached hydrogens (tertiary/aromatic N) is 3. The monoisotopic (exact) mass is 418 g/mol. The van der Waals surface area contributed by atoms with Gasteiger partial charge in [-0.3, -0.25) is 9.78 Å². The molecule has 150 valence electrons. The molecule has 0 fully saturated rings. The normalized spacial score (nSPS) is 10.7. The molecule has 0 aliphatic carbocycles.